The van der Waals surface area contributed by atoms with Gasteiger partial charge in [-0.25, -0.2) is 4.63 Å². The van der Waals surface area contributed by atoms with E-state index in [2.05, 4.69) is 23.3 Å². The van der Waals surface area contributed by atoms with Crippen molar-refractivity contribution in [3.8, 4) is 11.5 Å². The van der Waals surface area contributed by atoms with E-state index in [4.69, 9.17) is 15.1 Å². The Kier molecular flexibility index (Phi) is 2.82. The first-order chi connectivity index (χ1) is 9.58. The Balaban J connectivity index is 2.13. The van der Waals surface area contributed by atoms with Gasteiger partial charge in [-0.05, 0) is 59.9 Å². The molecule has 1 aromatic heterocycles. The van der Waals surface area contributed by atoms with E-state index in [1.54, 1.807) is 12.1 Å². The summed E-state index contributed by atoms with van der Waals surface area (Å²) in [6.45, 7) is 6.10. The van der Waals surface area contributed by atoms with Crippen LogP contribution in [0, 0.1) is 20.8 Å². The maximum Gasteiger partial charge on any atom is 0.179 e. The zero-order valence-corrected chi connectivity index (χ0v) is 11.6. The van der Waals surface area contributed by atoms with E-state index in [-0.39, 0.29) is 0 Å². The number of ether oxygens (including phenoxy) is 1. The minimum Gasteiger partial charge on any atom is -0.454 e. The van der Waals surface area contributed by atoms with Gasteiger partial charge in [-0.15, -0.1) is 0 Å². The molecule has 5 nitrogen and oxygen atoms in total. The van der Waals surface area contributed by atoms with Crippen molar-refractivity contribution < 1.29 is 9.37 Å². The van der Waals surface area contributed by atoms with Crippen molar-refractivity contribution in [3.63, 3.8) is 0 Å². The number of nitrogens with zero attached hydrogens (tertiary/aromatic N) is 2. The number of benzene rings is 2. The third kappa shape index (κ3) is 1.87. The molecular weight excluding hydrogens is 254 g/mol. The lowest BCUT2D eigenvalue weighted by molar-refractivity contribution is 0.314. The molecule has 2 N–H and O–H groups in total. The summed E-state index contributed by atoms with van der Waals surface area (Å²) in [5.41, 5.74) is 10.7. The Bertz CT molecular complexity index is 793. The number of aryl methyl sites for hydroxylation is 2. The molecule has 2 aromatic carbocycles. The molecule has 0 aliphatic carbocycles. The van der Waals surface area contributed by atoms with Gasteiger partial charge in [0, 0.05) is 0 Å². The van der Waals surface area contributed by atoms with Gasteiger partial charge in [0.05, 0.1) is 5.69 Å². The molecular formula is C15H15N3O2. The molecule has 102 valence electrons. The van der Waals surface area contributed by atoms with E-state index in [1.165, 1.54) is 5.56 Å². The number of nitrogens with two attached hydrogens (primary N) is 1. The maximum absolute atomic E-state index is 6.03. The van der Waals surface area contributed by atoms with Crippen LogP contribution in [0.2, 0.25) is 0 Å². The summed E-state index contributed by atoms with van der Waals surface area (Å²) in [5.74, 6) is 1.42. The van der Waals surface area contributed by atoms with Crippen LogP contribution < -0.4 is 10.5 Å². The molecule has 0 amide bonds. The average Bonchev–Trinajstić information content (AvgIpc) is 2.92. The van der Waals surface area contributed by atoms with Crippen molar-refractivity contribution in [2.75, 3.05) is 5.73 Å². The maximum atomic E-state index is 6.03. The number of aromatic nitrogens is 2. The summed E-state index contributed by atoms with van der Waals surface area (Å²) in [7, 11) is 0. The number of hydrogen-bond donors (Lipinski definition) is 1. The van der Waals surface area contributed by atoms with E-state index in [9.17, 15) is 0 Å². The van der Waals surface area contributed by atoms with Crippen LogP contribution in [0.15, 0.2) is 28.9 Å². The summed E-state index contributed by atoms with van der Waals surface area (Å²) in [5, 5.41) is 7.66. The Labute approximate surface area is 116 Å². The summed E-state index contributed by atoms with van der Waals surface area (Å²) >= 11 is 0. The van der Waals surface area contributed by atoms with Crippen molar-refractivity contribution in [1.82, 2.24) is 10.3 Å². The number of nitrogen functional groups attached to an aromatic ring is 1. The van der Waals surface area contributed by atoms with Gasteiger partial charge in [0.25, 0.3) is 0 Å². The van der Waals surface area contributed by atoms with Crippen molar-refractivity contribution in [2.45, 2.75) is 20.8 Å². The van der Waals surface area contributed by atoms with Crippen LogP contribution in [0.1, 0.15) is 16.7 Å². The lowest BCUT2D eigenvalue weighted by Gasteiger charge is -2.13. The standard InChI is InChI=1S/C15H15N3O2/c1-8-4-5-9(2)15(10(8)3)19-12-7-6-11(16)13-14(12)18-20-17-13/h4-7H,16H2,1-3H3. The molecule has 0 saturated carbocycles. The van der Waals surface area contributed by atoms with E-state index >= 15 is 0 Å². The highest BCUT2D eigenvalue weighted by Gasteiger charge is 2.14. The SMILES string of the molecule is Cc1ccc(C)c(Oc2ccc(N)c3nonc23)c1C. The van der Waals surface area contributed by atoms with E-state index < -0.39 is 0 Å². The Morgan fingerprint density at radius 1 is 0.950 bits per heavy atom. The van der Waals surface area contributed by atoms with Crippen molar-refractivity contribution in [2.24, 2.45) is 0 Å². The third-order valence-corrected chi connectivity index (χ3v) is 3.50. The smallest absolute Gasteiger partial charge is 0.179 e. The van der Waals surface area contributed by atoms with Crippen LogP contribution in [0.25, 0.3) is 11.0 Å². The Morgan fingerprint density at radius 3 is 2.45 bits per heavy atom. The molecule has 0 radical (unpaired) electrons. The first kappa shape index (κ1) is 12.5. The number of anilines is 1. The van der Waals surface area contributed by atoms with Gasteiger partial charge in [0.2, 0.25) is 0 Å². The summed E-state index contributed by atoms with van der Waals surface area (Å²) in [4.78, 5) is 0. The Morgan fingerprint density at radius 2 is 1.65 bits per heavy atom. The van der Waals surface area contributed by atoms with E-state index in [1.807, 2.05) is 19.9 Å². The van der Waals surface area contributed by atoms with E-state index in [0.29, 0.717) is 22.5 Å². The molecule has 0 unspecified atom stereocenters. The quantitative estimate of drug-likeness (QED) is 0.720. The first-order valence-corrected chi connectivity index (χ1v) is 6.33. The molecule has 3 aromatic rings. The molecule has 0 atom stereocenters. The van der Waals surface area contributed by atoms with E-state index in [0.717, 1.165) is 16.9 Å². The minimum absolute atomic E-state index is 0.519. The van der Waals surface area contributed by atoms with Crippen LogP contribution >= 0.6 is 0 Å². The molecule has 20 heavy (non-hydrogen) atoms. The summed E-state index contributed by atoms with van der Waals surface area (Å²) < 4.78 is 10.8. The second-order valence-electron chi connectivity index (χ2n) is 4.87. The summed E-state index contributed by atoms with van der Waals surface area (Å²) in [6, 6.07) is 7.63. The molecule has 0 aliphatic rings. The zero-order valence-electron chi connectivity index (χ0n) is 11.6. The van der Waals surface area contributed by atoms with Gasteiger partial charge in [-0.2, -0.15) is 0 Å². The fraction of sp³-hybridized carbons (Fsp3) is 0.200. The predicted molar refractivity (Wildman–Crippen MR) is 76.9 cm³/mol. The highest BCUT2D eigenvalue weighted by Crippen LogP contribution is 2.35. The number of fused-ring (bicyclic) bond motifs is 1. The van der Waals surface area contributed by atoms with Crippen molar-refractivity contribution in [3.05, 3.63) is 41.0 Å². The van der Waals surface area contributed by atoms with Gasteiger partial charge < -0.3 is 10.5 Å². The first-order valence-electron chi connectivity index (χ1n) is 6.33. The highest BCUT2D eigenvalue weighted by molar-refractivity contribution is 5.90. The number of hydrogen-bond acceptors (Lipinski definition) is 5. The highest BCUT2D eigenvalue weighted by atomic mass is 16.6. The molecule has 0 spiro atoms. The monoisotopic (exact) mass is 269 g/mol. The minimum atomic E-state index is 0.519. The fourth-order valence-corrected chi connectivity index (χ4v) is 2.14. The van der Waals surface area contributed by atoms with Gasteiger partial charge in [0.15, 0.2) is 16.8 Å². The zero-order chi connectivity index (χ0) is 14.3. The number of rotatable bonds is 2. The molecule has 3 rings (SSSR count). The molecule has 0 fully saturated rings. The van der Waals surface area contributed by atoms with Crippen LogP contribution in [0.3, 0.4) is 0 Å². The molecule has 1 heterocycles. The topological polar surface area (TPSA) is 74.2 Å². The third-order valence-electron chi connectivity index (χ3n) is 3.50. The van der Waals surface area contributed by atoms with Crippen LogP contribution in [-0.2, 0) is 0 Å². The fourth-order valence-electron chi connectivity index (χ4n) is 2.14. The lowest BCUT2D eigenvalue weighted by atomic mass is 10.1. The van der Waals surface area contributed by atoms with Gasteiger partial charge in [-0.1, -0.05) is 12.1 Å². The second kappa shape index (κ2) is 4.52. The molecule has 5 heteroatoms. The average molecular weight is 269 g/mol. The lowest BCUT2D eigenvalue weighted by Crippen LogP contribution is -1.95. The van der Waals surface area contributed by atoms with Gasteiger partial charge in [-0.3, -0.25) is 0 Å². The largest absolute Gasteiger partial charge is 0.454 e. The second-order valence-corrected chi connectivity index (χ2v) is 4.87. The van der Waals surface area contributed by atoms with Crippen molar-refractivity contribution >= 4 is 16.7 Å². The normalized spacial score (nSPS) is 10.9. The van der Waals surface area contributed by atoms with Crippen molar-refractivity contribution in [1.29, 1.82) is 0 Å². The molecule has 0 aliphatic heterocycles. The van der Waals surface area contributed by atoms with Gasteiger partial charge in [0.1, 0.15) is 5.75 Å². The molecule has 0 bridgehead atoms. The van der Waals surface area contributed by atoms with Gasteiger partial charge >= 0.3 is 0 Å². The molecule has 0 saturated heterocycles. The summed E-state index contributed by atoms with van der Waals surface area (Å²) in [6.07, 6.45) is 0. The Hall–Kier alpha value is -2.56. The van der Waals surface area contributed by atoms with Crippen LogP contribution in [0.5, 0.6) is 11.5 Å². The van der Waals surface area contributed by atoms with Crippen LogP contribution in [-0.4, -0.2) is 10.3 Å². The van der Waals surface area contributed by atoms with Crippen LogP contribution in [0.4, 0.5) is 5.69 Å². The predicted octanol–water partition coefficient (Wildman–Crippen LogP) is 3.52.